The number of carbonyl (C=O) groups excluding carboxylic acids is 3. The predicted molar refractivity (Wildman–Crippen MR) is 56.1 cm³/mol. The maximum Gasteiger partial charge on any atom is 0.310 e. The van der Waals surface area contributed by atoms with Gasteiger partial charge in [0.25, 0.3) is 0 Å². The predicted octanol–water partition coefficient (Wildman–Crippen LogP) is -0.713. The molecular formula is C12H14O6. The first-order valence-corrected chi connectivity index (χ1v) is 6.12. The molecule has 3 aliphatic rings. The maximum absolute atomic E-state index is 11.7. The molecule has 0 aromatic rings. The number of esters is 2. The van der Waals surface area contributed by atoms with Crippen molar-refractivity contribution < 1.29 is 29.0 Å². The van der Waals surface area contributed by atoms with Crippen molar-refractivity contribution in [3.63, 3.8) is 0 Å². The van der Waals surface area contributed by atoms with E-state index in [4.69, 9.17) is 9.47 Å². The highest BCUT2D eigenvalue weighted by Gasteiger charge is 2.55. The lowest BCUT2D eigenvalue weighted by Gasteiger charge is -2.41. The first-order valence-electron chi connectivity index (χ1n) is 6.12. The Hall–Kier alpha value is -1.43. The molecule has 2 heterocycles. The van der Waals surface area contributed by atoms with Gasteiger partial charge in [-0.3, -0.25) is 14.4 Å². The molecule has 0 aromatic heterocycles. The van der Waals surface area contributed by atoms with Gasteiger partial charge in [0.15, 0.2) is 12.4 Å². The van der Waals surface area contributed by atoms with Crippen molar-refractivity contribution in [1.29, 1.82) is 0 Å². The SMILES string of the molecule is O=CC1OC(=O)C2CC3C(C[C@H]12)C(=O)OC[C@@H]3O. The molecule has 6 atom stereocenters. The zero-order valence-corrected chi connectivity index (χ0v) is 9.65. The van der Waals surface area contributed by atoms with Crippen LogP contribution >= 0.6 is 0 Å². The summed E-state index contributed by atoms with van der Waals surface area (Å²) in [5.74, 6) is -2.04. The standard InChI is InChI=1S/C12H14O6/c13-3-10-6-2-7-5(1-8(6)12(16)18-10)9(14)4-17-11(7)15/h3,5-10,14H,1-2,4H2/t5?,6-,7?,8?,9-,10?/m0/s1. The van der Waals surface area contributed by atoms with Gasteiger partial charge >= 0.3 is 11.9 Å². The summed E-state index contributed by atoms with van der Waals surface area (Å²) >= 11 is 0. The first kappa shape index (κ1) is 11.6. The summed E-state index contributed by atoms with van der Waals surface area (Å²) in [6, 6.07) is 0. The van der Waals surface area contributed by atoms with E-state index in [0.29, 0.717) is 19.1 Å². The molecule has 0 radical (unpaired) electrons. The number of hydrogen-bond donors (Lipinski definition) is 1. The maximum atomic E-state index is 11.7. The number of carbonyl (C=O) groups is 3. The fourth-order valence-corrected chi connectivity index (χ4v) is 3.43. The Labute approximate surface area is 103 Å². The van der Waals surface area contributed by atoms with Crippen LogP contribution in [-0.2, 0) is 23.9 Å². The van der Waals surface area contributed by atoms with Crippen LogP contribution in [0.3, 0.4) is 0 Å². The molecule has 98 valence electrons. The Morgan fingerprint density at radius 3 is 2.50 bits per heavy atom. The number of fused-ring (bicyclic) bond motifs is 2. The topological polar surface area (TPSA) is 89.9 Å². The second-order valence-electron chi connectivity index (χ2n) is 5.25. The molecule has 4 unspecified atom stereocenters. The Kier molecular flexibility index (Phi) is 2.62. The Morgan fingerprint density at radius 2 is 1.78 bits per heavy atom. The highest BCUT2D eigenvalue weighted by atomic mass is 16.6. The van der Waals surface area contributed by atoms with Crippen molar-refractivity contribution in [2.45, 2.75) is 25.0 Å². The molecule has 1 saturated carbocycles. The second kappa shape index (κ2) is 4.05. The molecule has 0 amide bonds. The Bertz CT molecular complexity index is 405. The number of cyclic esters (lactones) is 2. The monoisotopic (exact) mass is 254 g/mol. The van der Waals surface area contributed by atoms with E-state index < -0.39 is 18.1 Å². The van der Waals surface area contributed by atoms with Crippen molar-refractivity contribution in [2.75, 3.05) is 6.61 Å². The van der Waals surface area contributed by atoms with Gasteiger partial charge in [-0.15, -0.1) is 0 Å². The lowest BCUT2D eigenvalue weighted by atomic mass is 9.65. The van der Waals surface area contributed by atoms with Crippen molar-refractivity contribution in [2.24, 2.45) is 23.7 Å². The molecule has 1 N–H and O–H groups in total. The summed E-state index contributed by atoms with van der Waals surface area (Å²) in [7, 11) is 0. The summed E-state index contributed by atoms with van der Waals surface area (Å²) in [4.78, 5) is 34.2. The fourth-order valence-electron chi connectivity index (χ4n) is 3.43. The quantitative estimate of drug-likeness (QED) is 0.491. The third kappa shape index (κ3) is 1.55. The minimum atomic E-state index is -0.754. The van der Waals surface area contributed by atoms with Crippen LogP contribution in [0.15, 0.2) is 0 Å². The van der Waals surface area contributed by atoms with Crippen LogP contribution in [0.1, 0.15) is 12.8 Å². The van der Waals surface area contributed by atoms with Gasteiger partial charge in [-0.2, -0.15) is 0 Å². The average molecular weight is 254 g/mol. The van der Waals surface area contributed by atoms with Crippen LogP contribution in [0.25, 0.3) is 0 Å². The van der Waals surface area contributed by atoms with Gasteiger partial charge in [0.1, 0.15) is 6.61 Å². The normalized spacial score (nSPS) is 46.7. The molecule has 1 aliphatic carbocycles. The van der Waals surface area contributed by atoms with Crippen molar-refractivity contribution in [3.8, 4) is 0 Å². The van der Waals surface area contributed by atoms with Crippen LogP contribution < -0.4 is 0 Å². The summed E-state index contributed by atoms with van der Waals surface area (Å²) in [5, 5.41) is 9.85. The molecule has 3 rings (SSSR count). The number of ether oxygens (including phenoxy) is 2. The van der Waals surface area contributed by atoms with Crippen LogP contribution in [0.5, 0.6) is 0 Å². The van der Waals surface area contributed by atoms with Gasteiger partial charge in [-0.05, 0) is 12.8 Å². The van der Waals surface area contributed by atoms with E-state index in [1.54, 1.807) is 0 Å². The van der Waals surface area contributed by atoms with E-state index in [2.05, 4.69) is 0 Å². The molecule has 3 fully saturated rings. The smallest absolute Gasteiger partial charge is 0.310 e. The van der Waals surface area contributed by atoms with E-state index in [1.165, 1.54) is 0 Å². The zero-order valence-electron chi connectivity index (χ0n) is 9.65. The van der Waals surface area contributed by atoms with Crippen molar-refractivity contribution >= 4 is 18.2 Å². The van der Waals surface area contributed by atoms with Crippen LogP contribution in [0.2, 0.25) is 0 Å². The Morgan fingerprint density at radius 1 is 1.11 bits per heavy atom. The lowest BCUT2D eigenvalue weighted by molar-refractivity contribution is -0.174. The summed E-state index contributed by atoms with van der Waals surface area (Å²) in [6.07, 6.45) is -0.0881. The number of aliphatic hydroxyl groups excluding tert-OH is 1. The van der Waals surface area contributed by atoms with E-state index >= 15 is 0 Å². The second-order valence-corrected chi connectivity index (χ2v) is 5.25. The van der Waals surface area contributed by atoms with E-state index in [0.717, 1.165) is 0 Å². The molecule has 0 bridgehead atoms. The zero-order chi connectivity index (χ0) is 12.9. The van der Waals surface area contributed by atoms with Gasteiger partial charge in [0, 0.05) is 11.8 Å². The molecule has 6 nitrogen and oxygen atoms in total. The van der Waals surface area contributed by atoms with Crippen molar-refractivity contribution in [3.05, 3.63) is 0 Å². The minimum absolute atomic E-state index is 0.0104. The van der Waals surface area contributed by atoms with Crippen molar-refractivity contribution in [1.82, 2.24) is 0 Å². The molecule has 18 heavy (non-hydrogen) atoms. The Balaban J connectivity index is 1.86. The minimum Gasteiger partial charge on any atom is -0.463 e. The molecule has 6 heteroatoms. The summed E-state index contributed by atoms with van der Waals surface area (Å²) in [6.45, 7) is -0.0104. The number of hydrogen-bond acceptors (Lipinski definition) is 6. The molecule has 0 aromatic carbocycles. The van der Waals surface area contributed by atoms with Gasteiger partial charge in [0.05, 0.1) is 17.9 Å². The molecule has 2 saturated heterocycles. The molecule has 2 aliphatic heterocycles. The van der Waals surface area contributed by atoms with E-state index in [1.807, 2.05) is 0 Å². The number of aliphatic hydroxyl groups is 1. The number of rotatable bonds is 1. The highest BCUT2D eigenvalue weighted by Crippen LogP contribution is 2.47. The van der Waals surface area contributed by atoms with Crippen LogP contribution in [-0.4, -0.2) is 42.1 Å². The van der Waals surface area contributed by atoms with Gasteiger partial charge < -0.3 is 14.6 Å². The summed E-state index contributed by atoms with van der Waals surface area (Å²) in [5.41, 5.74) is 0. The number of aldehydes is 1. The van der Waals surface area contributed by atoms with E-state index in [-0.39, 0.29) is 36.3 Å². The third-order valence-corrected chi connectivity index (χ3v) is 4.39. The van der Waals surface area contributed by atoms with Crippen LogP contribution in [0, 0.1) is 23.7 Å². The largest absolute Gasteiger partial charge is 0.463 e. The summed E-state index contributed by atoms with van der Waals surface area (Å²) < 4.78 is 9.89. The van der Waals surface area contributed by atoms with Gasteiger partial charge in [-0.25, -0.2) is 0 Å². The molecular weight excluding hydrogens is 240 g/mol. The van der Waals surface area contributed by atoms with E-state index in [9.17, 15) is 19.5 Å². The van der Waals surface area contributed by atoms with Gasteiger partial charge in [0.2, 0.25) is 0 Å². The third-order valence-electron chi connectivity index (χ3n) is 4.39. The fraction of sp³-hybridized carbons (Fsp3) is 0.750. The highest BCUT2D eigenvalue weighted by molar-refractivity contribution is 5.81. The van der Waals surface area contributed by atoms with Crippen LogP contribution in [0.4, 0.5) is 0 Å². The molecule has 0 spiro atoms. The lowest BCUT2D eigenvalue weighted by Crippen LogP contribution is -2.49. The first-order chi connectivity index (χ1) is 8.61. The average Bonchev–Trinajstić information content (AvgIpc) is 2.69. The van der Waals surface area contributed by atoms with Gasteiger partial charge in [-0.1, -0.05) is 0 Å².